The Kier molecular flexibility index (Phi) is 9.33. The summed E-state index contributed by atoms with van der Waals surface area (Å²) in [5.74, 6) is -2.12. The lowest BCUT2D eigenvalue weighted by atomic mass is 10.0. The maximum Gasteiger partial charge on any atom is 0.350 e. The fourth-order valence-corrected chi connectivity index (χ4v) is 3.62. The lowest BCUT2D eigenvalue weighted by Crippen LogP contribution is -2.43. The molecule has 0 saturated carbocycles. The van der Waals surface area contributed by atoms with Crippen LogP contribution in [0.1, 0.15) is 52.9 Å². The predicted octanol–water partition coefficient (Wildman–Crippen LogP) is 2.95. The maximum absolute atomic E-state index is 12.5. The molecule has 1 aromatic heterocycles. The molecule has 0 aliphatic heterocycles. The molecule has 0 spiro atoms. The van der Waals surface area contributed by atoms with Crippen molar-refractivity contribution in [2.24, 2.45) is 5.92 Å². The van der Waals surface area contributed by atoms with Gasteiger partial charge < -0.3 is 14.8 Å². The van der Waals surface area contributed by atoms with Crippen LogP contribution >= 0.6 is 11.3 Å². The van der Waals surface area contributed by atoms with Crippen LogP contribution < -0.4 is 10.6 Å². The molecule has 2 N–H and O–H groups in total. The molecular formula is C22H27N3O6S. The average Bonchev–Trinajstić information content (AvgIpc) is 3.11. The number of hydrogen-bond acceptors (Lipinski definition) is 8. The van der Waals surface area contributed by atoms with Crippen molar-refractivity contribution in [1.82, 2.24) is 10.3 Å². The third kappa shape index (κ3) is 7.45. The van der Waals surface area contributed by atoms with Crippen molar-refractivity contribution < 1.29 is 28.7 Å². The molecule has 1 aromatic carbocycles. The topological polar surface area (TPSA) is 124 Å². The number of carbonyl (C=O) groups excluding carboxylic acids is 4. The first-order chi connectivity index (χ1) is 15.2. The lowest BCUT2D eigenvalue weighted by molar-refractivity contribution is -0.149. The van der Waals surface area contributed by atoms with Gasteiger partial charge in [0.1, 0.15) is 10.9 Å². The fourth-order valence-electron chi connectivity index (χ4n) is 2.75. The Hall–Kier alpha value is -3.27. The number of carbonyl (C=O) groups is 4. The molecule has 2 amide bonds. The smallest absolute Gasteiger partial charge is 0.350 e. The molecule has 0 fully saturated rings. The molecule has 9 nitrogen and oxygen atoms in total. The van der Waals surface area contributed by atoms with Crippen LogP contribution in [-0.2, 0) is 19.1 Å². The fraction of sp³-hybridized carbons (Fsp3) is 0.409. The second kappa shape index (κ2) is 11.9. The molecule has 10 heteroatoms. The van der Waals surface area contributed by atoms with E-state index in [0.29, 0.717) is 22.6 Å². The highest BCUT2D eigenvalue weighted by Crippen LogP contribution is 2.23. The van der Waals surface area contributed by atoms with E-state index in [1.807, 2.05) is 13.8 Å². The van der Waals surface area contributed by atoms with Crippen molar-refractivity contribution in [3.05, 3.63) is 46.5 Å². The number of rotatable bonds is 10. The molecule has 0 aliphatic rings. The highest BCUT2D eigenvalue weighted by atomic mass is 32.1. The minimum absolute atomic E-state index is 0.108. The van der Waals surface area contributed by atoms with Crippen molar-refractivity contribution in [3.63, 3.8) is 0 Å². The third-order valence-electron chi connectivity index (χ3n) is 4.18. The Morgan fingerprint density at radius 3 is 2.41 bits per heavy atom. The number of amides is 2. The first kappa shape index (κ1) is 25.0. The van der Waals surface area contributed by atoms with E-state index in [1.54, 1.807) is 44.2 Å². The first-order valence-corrected chi connectivity index (χ1v) is 11.0. The van der Waals surface area contributed by atoms with Crippen LogP contribution in [0.25, 0.3) is 0 Å². The Labute approximate surface area is 190 Å². The van der Waals surface area contributed by atoms with Gasteiger partial charge in [0.2, 0.25) is 0 Å². The van der Waals surface area contributed by atoms with Gasteiger partial charge >= 0.3 is 11.9 Å². The molecule has 2 aromatic rings. The molecule has 0 bridgehead atoms. The van der Waals surface area contributed by atoms with Gasteiger partial charge in [0.25, 0.3) is 11.8 Å². The summed E-state index contributed by atoms with van der Waals surface area (Å²) in [7, 11) is 0. The third-order valence-corrected chi connectivity index (χ3v) is 5.24. The van der Waals surface area contributed by atoms with E-state index in [1.165, 1.54) is 0 Å². The number of hydrogen-bond donors (Lipinski definition) is 2. The lowest BCUT2D eigenvalue weighted by Gasteiger charge is -2.19. The summed E-state index contributed by atoms with van der Waals surface area (Å²) in [6.07, 6.45) is 0.355. The predicted molar refractivity (Wildman–Crippen MR) is 120 cm³/mol. The molecular weight excluding hydrogens is 434 g/mol. The Balaban J connectivity index is 1.94. The number of aryl methyl sites for hydroxylation is 1. The molecule has 1 atom stereocenters. The number of nitrogens with one attached hydrogen (secondary N) is 2. The van der Waals surface area contributed by atoms with Crippen molar-refractivity contribution in [2.45, 2.75) is 40.2 Å². The molecule has 0 saturated heterocycles. The van der Waals surface area contributed by atoms with E-state index in [9.17, 15) is 19.2 Å². The van der Waals surface area contributed by atoms with E-state index >= 15 is 0 Å². The summed E-state index contributed by atoms with van der Waals surface area (Å²) in [5.41, 5.74) is 0.852. The second-order valence-electron chi connectivity index (χ2n) is 7.33. The van der Waals surface area contributed by atoms with Crippen LogP contribution in [0.15, 0.2) is 30.3 Å². The molecule has 0 aliphatic carbocycles. The van der Waals surface area contributed by atoms with Crippen molar-refractivity contribution in [2.75, 3.05) is 18.5 Å². The van der Waals surface area contributed by atoms with E-state index in [-0.39, 0.29) is 17.7 Å². The van der Waals surface area contributed by atoms with Gasteiger partial charge in [-0.1, -0.05) is 43.4 Å². The number of thiazole rings is 1. The number of benzene rings is 1. The molecule has 2 rings (SSSR count). The van der Waals surface area contributed by atoms with Gasteiger partial charge in [0.15, 0.2) is 11.7 Å². The second-order valence-corrected chi connectivity index (χ2v) is 8.33. The van der Waals surface area contributed by atoms with Crippen LogP contribution in [0.4, 0.5) is 5.13 Å². The molecule has 0 radical (unpaired) electrons. The van der Waals surface area contributed by atoms with Gasteiger partial charge in [0.05, 0.1) is 12.3 Å². The molecule has 0 unspecified atom stereocenters. The summed E-state index contributed by atoms with van der Waals surface area (Å²) in [6, 6.07) is 7.62. The van der Waals surface area contributed by atoms with Gasteiger partial charge in [-0.15, -0.1) is 0 Å². The largest absolute Gasteiger partial charge is 0.462 e. The van der Waals surface area contributed by atoms with Gasteiger partial charge in [-0.2, -0.15) is 0 Å². The van der Waals surface area contributed by atoms with Crippen molar-refractivity contribution in [1.29, 1.82) is 0 Å². The highest BCUT2D eigenvalue weighted by Gasteiger charge is 2.25. The molecule has 1 heterocycles. The summed E-state index contributed by atoms with van der Waals surface area (Å²) in [4.78, 5) is 53.4. The number of anilines is 1. The number of esters is 2. The van der Waals surface area contributed by atoms with Gasteiger partial charge in [-0.25, -0.2) is 14.6 Å². The Bertz CT molecular complexity index is 958. The SMILES string of the molecule is CCOC(=O)c1sc(NC(=O)COC(=O)[C@@H](CC(C)C)NC(=O)c2ccccc2)nc1C. The first-order valence-electron chi connectivity index (χ1n) is 10.2. The van der Waals surface area contributed by atoms with Crippen LogP contribution in [0.5, 0.6) is 0 Å². The highest BCUT2D eigenvalue weighted by molar-refractivity contribution is 7.17. The van der Waals surface area contributed by atoms with Gasteiger partial charge in [-0.3, -0.25) is 14.9 Å². The molecule has 172 valence electrons. The minimum atomic E-state index is -0.895. The van der Waals surface area contributed by atoms with Crippen molar-refractivity contribution in [3.8, 4) is 0 Å². The average molecular weight is 462 g/mol. The monoisotopic (exact) mass is 461 g/mol. The summed E-state index contributed by atoms with van der Waals surface area (Å²) < 4.78 is 10.1. The Morgan fingerprint density at radius 2 is 1.78 bits per heavy atom. The van der Waals surface area contributed by atoms with Gasteiger partial charge in [0, 0.05) is 5.56 Å². The van der Waals surface area contributed by atoms with Crippen LogP contribution in [0.3, 0.4) is 0 Å². The van der Waals surface area contributed by atoms with E-state index < -0.39 is 36.4 Å². The summed E-state index contributed by atoms with van der Waals surface area (Å²) in [6.45, 7) is 6.82. The van der Waals surface area contributed by atoms with E-state index in [2.05, 4.69) is 15.6 Å². The zero-order chi connectivity index (χ0) is 23.7. The van der Waals surface area contributed by atoms with E-state index in [4.69, 9.17) is 9.47 Å². The van der Waals surface area contributed by atoms with Crippen molar-refractivity contribution >= 4 is 40.2 Å². The quantitative estimate of drug-likeness (QED) is 0.521. The zero-order valence-corrected chi connectivity index (χ0v) is 19.3. The maximum atomic E-state index is 12.5. The number of nitrogens with zero attached hydrogens (tertiary/aromatic N) is 1. The Morgan fingerprint density at radius 1 is 1.09 bits per heavy atom. The van der Waals surface area contributed by atoms with Gasteiger partial charge in [-0.05, 0) is 38.3 Å². The standard InChI is InChI=1S/C22H27N3O6S/c1-5-30-21(29)18-14(4)23-22(32-18)25-17(26)12-31-20(28)16(11-13(2)3)24-19(27)15-9-7-6-8-10-15/h6-10,13,16H,5,11-12H2,1-4H3,(H,24,27)(H,23,25,26)/t16-/m1/s1. The summed E-state index contributed by atoms with van der Waals surface area (Å²) in [5, 5.41) is 5.36. The van der Waals surface area contributed by atoms with Crippen LogP contribution in [0, 0.1) is 12.8 Å². The molecule has 32 heavy (non-hydrogen) atoms. The number of aromatic nitrogens is 1. The van der Waals surface area contributed by atoms with Crippen LogP contribution in [-0.4, -0.2) is 48.0 Å². The van der Waals surface area contributed by atoms with E-state index in [0.717, 1.165) is 11.3 Å². The minimum Gasteiger partial charge on any atom is -0.462 e. The zero-order valence-electron chi connectivity index (χ0n) is 18.5. The summed E-state index contributed by atoms with van der Waals surface area (Å²) >= 11 is 0.976. The normalized spacial score (nSPS) is 11.5. The van der Waals surface area contributed by atoms with Crippen LogP contribution in [0.2, 0.25) is 0 Å². The number of ether oxygens (including phenoxy) is 2.